The van der Waals surface area contributed by atoms with Crippen LogP contribution in [0.3, 0.4) is 0 Å². The second-order valence-corrected chi connectivity index (χ2v) is 4.91. The molecular formula is C15H17N5O. The summed E-state index contributed by atoms with van der Waals surface area (Å²) in [6.45, 7) is 2.21. The number of para-hydroxylation sites is 1. The second kappa shape index (κ2) is 6.32. The maximum Gasteiger partial charge on any atom is 0.252 e. The molecule has 1 aromatic carbocycles. The van der Waals surface area contributed by atoms with Gasteiger partial charge in [0.25, 0.3) is 5.56 Å². The molecule has 0 spiro atoms. The first kappa shape index (κ1) is 13.5. The van der Waals surface area contributed by atoms with Gasteiger partial charge >= 0.3 is 0 Å². The Hall–Kier alpha value is -2.47. The lowest BCUT2D eigenvalue weighted by atomic mass is 10.1. The van der Waals surface area contributed by atoms with Crippen molar-refractivity contribution >= 4 is 10.9 Å². The van der Waals surface area contributed by atoms with E-state index in [4.69, 9.17) is 0 Å². The number of H-pyrrole nitrogens is 1. The molecule has 2 heterocycles. The normalized spacial score (nSPS) is 11.0. The summed E-state index contributed by atoms with van der Waals surface area (Å²) in [6.07, 6.45) is 4.45. The van der Waals surface area contributed by atoms with Crippen LogP contribution in [0.1, 0.15) is 12.0 Å². The maximum atomic E-state index is 12.0. The van der Waals surface area contributed by atoms with E-state index < -0.39 is 0 Å². The summed E-state index contributed by atoms with van der Waals surface area (Å²) in [5.74, 6) is 0. The van der Waals surface area contributed by atoms with E-state index in [1.807, 2.05) is 36.5 Å². The fraction of sp³-hybridized carbons (Fsp3) is 0.267. The summed E-state index contributed by atoms with van der Waals surface area (Å²) < 4.78 is 1.80. The number of nitrogens with zero attached hydrogens (tertiary/aromatic N) is 3. The van der Waals surface area contributed by atoms with Crippen LogP contribution in [-0.2, 0) is 13.1 Å². The molecule has 3 rings (SSSR count). The van der Waals surface area contributed by atoms with Gasteiger partial charge in [0, 0.05) is 30.4 Å². The Morgan fingerprint density at radius 1 is 1.29 bits per heavy atom. The molecule has 0 amide bonds. The molecule has 0 radical (unpaired) electrons. The zero-order valence-electron chi connectivity index (χ0n) is 11.6. The van der Waals surface area contributed by atoms with Crippen LogP contribution in [0.15, 0.2) is 47.5 Å². The summed E-state index contributed by atoms with van der Waals surface area (Å²) in [7, 11) is 0. The van der Waals surface area contributed by atoms with Crippen LogP contribution in [0.25, 0.3) is 10.9 Å². The molecule has 21 heavy (non-hydrogen) atoms. The zero-order chi connectivity index (χ0) is 14.5. The number of aromatic nitrogens is 4. The van der Waals surface area contributed by atoms with Gasteiger partial charge < -0.3 is 10.3 Å². The molecule has 0 saturated carbocycles. The molecule has 0 aliphatic heterocycles. The van der Waals surface area contributed by atoms with E-state index >= 15 is 0 Å². The van der Waals surface area contributed by atoms with Gasteiger partial charge in [0.2, 0.25) is 0 Å². The van der Waals surface area contributed by atoms with Crippen LogP contribution >= 0.6 is 0 Å². The van der Waals surface area contributed by atoms with Crippen LogP contribution in [-0.4, -0.2) is 26.5 Å². The first-order chi connectivity index (χ1) is 10.3. The van der Waals surface area contributed by atoms with Crippen LogP contribution < -0.4 is 10.9 Å². The minimum Gasteiger partial charge on any atom is -0.322 e. The SMILES string of the molecule is O=c1[nH]c2ccccc2cc1CNCCCn1ccnn1. The van der Waals surface area contributed by atoms with Crippen molar-refractivity contribution in [1.82, 2.24) is 25.3 Å². The lowest BCUT2D eigenvalue weighted by Gasteiger charge is -2.06. The molecule has 108 valence electrons. The molecule has 0 saturated heterocycles. The fourth-order valence-electron chi connectivity index (χ4n) is 2.26. The van der Waals surface area contributed by atoms with E-state index in [0.29, 0.717) is 6.54 Å². The van der Waals surface area contributed by atoms with Crippen molar-refractivity contribution in [1.29, 1.82) is 0 Å². The smallest absolute Gasteiger partial charge is 0.252 e. The van der Waals surface area contributed by atoms with E-state index in [1.54, 1.807) is 10.9 Å². The monoisotopic (exact) mass is 283 g/mol. The molecule has 0 bridgehead atoms. The van der Waals surface area contributed by atoms with Gasteiger partial charge in [-0.25, -0.2) is 0 Å². The van der Waals surface area contributed by atoms with Crippen molar-refractivity contribution in [3.05, 3.63) is 58.6 Å². The third-order valence-corrected chi connectivity index (χ3v) is 3.36. The van der Waals surface area contributed by atoms with Gasteiger partial charge in [-0.15, -0.1) is 5.10 Å². The van der Waals surface area contributed by atoms with Gasteiger partial charge in [0.1, 0.15) is 0 Å². The summed E-state index contributed by atoms with van der Waals surface area (Å²) in [4.78, 5) is 14.9. The van der Waals surface area contributed by atoms with Crippen molar-refractivity contribution in [2.75, 3.05) is 6.54 Å². The van der Waals surface area contributed by atoms with Gasteiger partial charge in [-0.1, -0.05) is 23.4 Å². The highest BCUT2D eigenvalue weighted by molar-refractivity contribution is 5.78. The average Bonchev–Trinajstić information content (AvgIpc) is 3.00. The number of rotatable bonds is 6. The third-order valence-electron chi connectivity index (χ3n) is 3.36. The lowest BCUT2D eigenvalue weighted by Crippen LogP contribution is -2.22. The molecular weight excluding hydrogens is 266 g/mol. The van der Waals surface area contributed by atoms with Crippen molar-refractivity contribution in [3.63, 3.8) is 0 Å². The number of nitrogens with one attached hydrogen (secondary N) is 2. The molecule has 2 aromatic heterocycles. The second-order valence-electron chi connectivity index (χ2n) is 4.91. The predicted octanol–water partition coefficient (Wildman–Crippen LogP) is 1.30. The molecule has 2 N–H and O–H groups in total. The summed E-state index contributed by atoms with van der Waals surface area (Å²) >= 11 is 0. The lowest BCUT2D eigenvalue weighted by molar-refractivity contribution is 0.529. The Kier molecular flexibility index (Phi) is 4.07. The summed E-state index contributed by atoms with van der Waals surface area (Å²) in [6, 6.07) is 9.74. The van der Waals surface area contributed by atoms with Crippen LogP contribution in [0, 0.1) is 0 Å². The van der Waals surface area contributed by atoms with Crippen LogP contribution in [0.2, 0.25) is 0 Å². The zero-order valence-corrected chi connectivity index (χ0v) is 11.6. The highest BCUT2D eigenvalue weighted by Crippen LogP contribution is 2.09. The summed E-state index contributed by atoms with van der Waals surface area (Å²) in [5.41, 5.74) is 1.60. The Morgan fingerprint density at radius 3 is 3.05 bits per heavy atom. The predicted molar refractivity (Wildman–Crippen MR) is 80.9 cm³/mol. The van der Waals surface area contributed by atoms with E-state index in [2.05, 4.69) is 20.6 Å². The van der Waals surface area contributed by atoms with Gasteiger partial charge in [-0.3, -0.25) is 9.48 Å². The van der Waals surface area contributed by atoms with Gasteiger partial charge in [-0.05, 0) is 30.5 Å². The van der Waals surface area contributed by atoms with E-state index in [1.165, 1.54) is 0 Å². The van der Waals surface area contributed by atoms with Crippen LogP contribution in [0.4, 0.5) is 0 Å². The Morgan fingerprint density at radius 2 is 2.19 bits per heavy atom. The Bertz CT molecular complexity index is 763. The first-order valence-electron chi connectivity index (χ1n) is 6.99. The Balaban J connectivity index is 1.55. The number of benzene rings is 1. The number of aromatic amines is 1. The van der Waals surface area contributed by atoms with Crippen molar-refractivity contribution in [2.45, 2.75) is 19.5 Å². The largest absolute Gasteiger partial charge is 0.322 e. The molecule has 0 fully saturated rings. The first-order valence-corrected chi connectivity index (χ1v) is 6.99. The molecule has 6 heteroatoms. The topological polar surface area (TPSA) is 75.6 Å². The third kappa shape index (κ3) is 3.35. The highest BCUT2D eigenvalue weighted by Gasteiger charge is 2.02. The number of fused-ring (bicyclic) bond motifs is 1. The van der Waals surface area contributed by atoms with Gasteiger partial charge in [0.15, 0.2) is 0 Å². The van der Waals surface area contributed by atoms with Crippen molar-refractivity contribution in [2.24, 2.45) is 0 Å². The van der Waals surface area contributed by atoms with Gasteiger partial charge in [0.05, 0.1) is 6.20 Å². The number of hydrogen-bond donors (Lipinski definition) is 2. The molecule has 6 nitrogen and oxygen atoms in total. The molecule has 0 aliphatic rings. The van der Waals surface area contributed by atoms with E-state index in [9.17, 15) is 4.79 Å². The van der Waals surface area contributed by atoms with Gasteiger partial charge in [-0.2, -0.15) is 0 Å². The molecule has 0 atom stereocenters. The molecule has 0 unspecified atom stereocenters. The number of aryl methyl sites for hydroxylation is 1. The highest BCUT2D eigenvalue weighted by atomic mass is 16.1. The molecule has 3 aromatic rings. The van der Waals surface area contributed by atoms with Crippen molar-refractivity contribution in [3.8, 4) is 0 Å². The minimum absolute atomic E-state index is 0.0301. The standard InChI is InChI=1S/C15H17N5O/c21-15-13(10-12-4-1-2-5-14(12)18-15)11-16-6-3-8-20-9-7-17-19-20/h1-2,4-5,7,9-10,16H,3,6,8,11H2,(H,18,21). The average molecular weight is 283 g/mol. The number of hydrogen-bond acceptors (Lipinski definition) is 4. The minimum atomic E-state index is -0.0301. The Labute approximate surface area is 121 Å². The van der Waals surface area contributed by atoms with E-state index in [-0.39, 0.29) is 5.56 Å². The van der Waals surface area contributed by atoms with Crippen LogP contribution in [0.5, 0.6) is 0 Å². The summed E-state index contributed by atoms with van der Waals surface area (Å²) in [5, 5.41) is 12.0. The molecule has 0 aliphatic carbocycles. The fourth-order valence-corrected chi connectivity index (χ4v) is 2.26. The quantitative estimate of drug-likeness (QED) is 0.669. The van der Waals surface area contributed by atoms with Crippen molar-refractivity contribution < 1.29 is 0 Å². The maximum absolute atomic E-state index is 12.0. The van der Waals surface area contributed by atoms with E-state index in [0.717, 1.165) is 36.0 Å². The number of pyridine rings is 1.